The fourth-order valence-corrected chi connectivity index (χ4v) is 5.06. The molecular weight excluding hydrogens is 525 g/mol. The number of aromatic nitrogens is 1. The molecule has 1 saturated heterocycles. The number of aliphatic carboxylic acids is 1. The van der Waals surface area contributed by atoms with Crippen LogP contribution in [0, 0.1) is 0 Å². The van der Waals surface area contributed by atoms with Crippen molar-refractivity contribution in [2.24, 2.45) is 0 Å². The summed E-state index contributed by atoms with van der Waals surface area (Å²) >= 11 is 0. The Morgan fingerprint density at radius 1 is 0.950 bits per heavy atom. The lowest BCUT2D eigenvalue weighted by atomic mass is 9.92. The van der Waals surface area contributed by atoms with Gasteiger partial charge >= 0.3 is 12.1 Å². The summed E-state index contributed by atoms with van der Waals surface area (Å²) in [4.78, 5) is 11.5. The van der Waals surface area contributed by atoms with Crippen molar-refractivity contribution in [1.82, 2.24) is 10.1 Å². The molecule has 0 unspecified atom stereocenters. The normalized spacial score (nSPS) is 15.9. The van der Waals surface area contributed by atoms with Gasteiger partial charge in [-0.2, -0.15) is 13.2 Å². The average Bonchev–Trinajstić information content (AvgIpc) is 3.46. The lowest BCUT2D eigenvalue weighted by Gasteiger charge is -2.31. The van der Waals surface area contributed by atoms with Crippen LogP contribution in [-0.2, 0) is 11.2 Å². The number of fused-ring (bicyclic) bond motifs is 2. The molecule has 2 aliphatic rings. The quantitative estimate of drug-likeness (QED) is 0.309. The zero-order chi connectivity index (χ0) is 28.1. The zero-order valence-electron chi connectivity index (χ0n) is 21.7. The van der Waals surface area contributed by atoms with Crippen molar-refractivity contribution >= 4 is 16.7 Å². The van der Waals surface area contributed by atoms with E-state index in [9.17, 15) is 13.2 Å². The minimum absolute atomic E-state index is 0.452. The maximum atomic E-state index is 10.6. The molecule has 3 aromatic carbocycles. The van der Waals surface area contributed by atoms with Crippen LogP contribution in [0.2, 0.25) is 0 Å². The van der Waals surface area contributed by atoms with Crippen LogP contribution in [0.4, 0.5) is 13.2 Å². The van der Waals surface area contributed by atoms with Crippen LogP contribution in [0.25, 0.3) is 22.1 Å². The Balaban J connectivity index is 0.000000411. The Morgan fingerprint density at radius 2 is 1.65 bits per heavy atom. The number of likely N-dealkylation sites (tertiary alicyclic amines) is 1. The van der Waals surface area contributed by atoms with E-state index in [-0.39, 0.29) is 0 Å². The third-order valence-electron chi connectivity index (χ3n) is 7.18. The number of halogens is 3. The summed E-state index contributed by atoms with van der Waals surface area (Å²) in [6, 6.07) is 23.3. The Morgan fingerprint density at radius 3 is 2.40 bits per heavy atom. The van der Waals surface area contributed by atoms with E-state index in [1.807, 2.05) is 18.2 Å². The number of carbonyl (C=O) groups is 1. The second kappa shape index (κ2) is 12.0. The number of hydrogen-bond donors (Lipinski definition) is 1. The Bertz CT molecular complexity index is 1460. The SMILES string of the molecule is O=C(O)C(F)(F)F.c1ccc2c(CCN3CCC(c4cc(-c5ccc6c(c5)OCCO6)on4)CC3)cccc2c1. The molecule has 6 rings (SSSR count). The molecular formula is C30H29F3N2O5. The van der Waals surface area contributed by atoms with E-state index in [2.05, 4.69) is 58.6 Å². The van der Waals surface area contributed by atoms with Crippen molar-refractivity contribution < 1.29 is 37.1 Å². The number of nitrogens with zero attached hydrogens (tertiary/aromatic N) is 2. The largest absolute Gasteiger partial charge is 0.490 e. The van der Waals surface area contributed by atoms with E-state index >= 15 is 0 Å². The van der Waals surface area contributed by atoms with Gasteiger partial charge in [-0.05, 0) is 66.9 Å². The van der Waals surface area contributed by atoms with Gasteiger partial charge in [0.05, 0.1) is 5.69 Å². The number of carboxylic acids is 1. The number of ether oxygens (including phenoxy) is 2. The van der Waals surface area contributed by atoms with E-state index < -0.39 is 12.1 Å². The molecule has 10 heteroatoms. The molecule has 2 aliphatic heterocycles. The van der Waals surface area contributed by atoms with Crippen LogP contribution in [0.15, 0.2) is 71.3 Å². The summed E-state index contributed by atoms with van der Waals surface area (Å²) < 4.78 is 48.8. The third-order valence-corrected chi connectivity index (χ3v) is 7.18. The number of piperidine rings is 1. The molecule has 0 atom stereocenters. The number of carboxylic acid groups (broad SMARTS) is 1. The van der Waals surface area contributed by atoms with Gasteiger partial charge in [-0.3, -0.25) is 0 Å². The van der Waals surface area contributed by atoms with Crippen molar-refractivity contribution in [2.75, 3.05) is 32.8 Å². The number of rotatable bonds is 5. The summed E-state index contributed by atoms with van der Waals surface area (Å²) in [6.45, 7) is 4.47. The van der Waals surface area contributed by atoms with E-state index in [4.69, 9.17) is 23.9 Å². The molecule has 210 valence electrons. The van der Waals surface area contributed by atoms with Crippen molar-refractivity contribution in [3.8, 4) is 22.8 Å². The van der Waals surface area contributed by atoms with E-state index in [1.54, 1.807) is 0 Å². The van der Waals surface area contributed by atoms with Crippen LogP contribution in [-0.4, -0.2) is 60.2 Å². The number of hydrogen-bond acceptors (Lipinski definition) is 6. The molecule has 1 aromatic heterocycles. The summed E-state index contributed by atoms with van der Waals surface area (Å²) in [6.07, 6.45) is -1.77. The number of alkyl halides is 3. The molecule has 7 nitrogen and oxygen atoms in total. The van der Waals surface area contributed by atoms with Crippen molar-refractivity contribution in [3.05, 3.63) is 78.0 Å². The van der Waals surface area contributed by atoms with Crippen molar-refractivity contribution in [1.29, 1.82) is 0 Å². The standard InChI is InChI=1S/C28H28N2O3.C2HF3O2/c1-2-7-24-20(4-1)5-3-6-21(24)10-13-30-14-11-22(12-15-30)25-19-27(33-29-25)23-8-9-26-28(18-23)32-17-16-31-26;3-2(4,5)1(6)7/h1-9,18-19,22H,10-17H2;(H,6,7). The van der Waals surface area contributed by atoms with E-state index in [1.165, 1.54) is 16.3 Å². The first-order valence-electron chi connectivity index (χ1n) is 13.1. The highest BCUT2D eigenvalue weighted by molar-refractivity contribution is 5.85. The van der Waals surface area contributed by atoms with Crippen LogP contribution >= 0.6 is 0 Å². The summed E-state index contributed by atoms with van der Waals surface area (Å²) in [5.41, 5.74) is 3.48. The molecule has 0 aliphatic carbocycles. The molecule has 0 amide bonds. The van der Waals surface area contributed by atoms with Crippen LogP contribution < -0.4 is 9.47 Å². The molecule has 0 saturated carbocycles. The van der Waals surface area contributed by atoms with Gasteiger partial charge in [-0.25, -0.2) is 4.79 Å². The Kier molecular flexibility index (Phi) is 8.25. The molecule has 0 spiro atoms. The first-order valence-corrected chi connectivity index (χ1v) is 13.1. The van der Waals surface area contributed by atoms with Gasteiger partial charge in [-0.15, -0.1) is 0 Å². The highest BCUT2D eigenvalue weighted by Crippen LogP contribution is 2.36. The van der Waals surface area contributed by atoms with Crippen molar-refractivity contribution in [3.63, 3.8) is 0 Å². The van der Waals surface area contributed by atoms with Gasteiger partial charge in [0.1, 0.15) is 13.2 Å². The van der Waals surface area contributed by atoms with Gasteiger partial charge in [0.2, 0.25) is 0 Å². The zero-order valence-corrected chi connectivity index (χ0v) is 21.7. The molecule has 40 heavy (non-hydrogen) atoms. The monoisotopic (exact) mass is 554 g/mol. The summed E-state index contributed by atoms with van der Waals surface area (Å²) in [5, 5.41) is 14.2. The highest BCUT2D eigenvalue weighted by atomic mass is 19.4. The van der Waals surface area contributed by atoms with Gasteiger partial charge < -0.3 is 24.0 Å². The van der Waals surface area contributed by atoms with Crippen LogP contribution in [0.3, 0.4) is 0 Å². The average molecular weight is 555 g/mol. The molecule has 0 bridgehead atoms. The van der Waals surface area contributed by atoms with Gasteiger partial charge in [-0.1, -0.05) is 47.6 Å². The highest BCUT2D eigenvalue weighted by Gasteiger charge is 2.38. The Hall–Kier alpha value is -4.05. The first-order chi connectivity index (χ1) is 19.3. The predicted molar refractivity (Wildman–Crippen MR) is 143 cm³/mol. The van der Waals surface area contributed by atoms with Gasteiger partial charge in [0, 0.05) is 24.1 Å². The second-order valence-corrected chi connectivity index (χ2v) is 9.78. The van der Waals surface area contributed by atoms with Crippen molar-refractivity contribution in [2.45, 2.75) is 31.4 Å². The van der Waals surface area contributed by atoms with Crippen LogP contribution in [0.1, 0.15) is 30.0 Å². The summed E-state index contributed by atoms with van der Waals surface area (Å²) in [7, 11) is 0. The fraction of sp³-hybridized carbons (Fsp3) is 0.333. The lowest BCUT2D eigenvalue weighted by Crippen LogP contribution is -2.34. The predicted octanol–water partition coefficient (Wildman–Crippen LogP) is 6.32. The lowest BCUT2D eigenvalue weighted by molar-refractivity contribution is -0.192. The third kappa shape index (κ3) is 6.56. The maximum Gasteiger partial charge on any atom is 0.490 e. The first kappa shape index (κ1) is 27.5. The fourth-order valence-electron chi connectivity index (χ4n) is 5.06. The van der Waals surface area contributed by atoms with E-state index in [0.717, 1.165) is 67.4 Å². The minimum Gasteiger partial charge on any atom is -0.486 e. The molecule has 4 aromatic rings. The smallest absolute Gasteiger partial charge is 0.486 e. The molecule has 3 heterocycles. The Labute approximate surface area is 229 Å². The maximum absolute atomic E-state index is 10.6. The van der Waals surface area contributed by atoms with E-state index in [0.29, 0.717) is 19.1 Å². The molecule has 0 radical (unpaired) electrons. The van der Waals surface area contributed by atoms with Gasteiger partial charge in [0.25, 0.3) is 0 Å². The second-order valence-electron chi connectivity index (χ2n) is 9.78. The molecule has 1 N–H and O–H groups in total. The number of benzene rings is 3. The topological polar surface area (TPSA) is 85.0 Å². The van der Waals surface area contributed by atoms with Crippen LogP contribution in [0.5, 0.6) is 11.5 Å². The minimum atomic E-state index is -5.08. The molecule has 1 fully saturated rings. The van der Waals surface area contributed by atoms with Gasteiger partial charge in [0.15, 0.2) is 17.3 Å². The summed E-state index contributed by atoms with van der Waals surface area (Å²) in [5.74, 6) is 0.0539.